The van der Waals surface area contributed by atoms with E-state index in [4.69, 9.17) is 5.73 Å². The summed E-state index contributed by atoms with van der Waals surface area (Å²) >= 11 is 0. The van der Waals surface area contributed by atoms with Crippen molar-refractivity contribution in [3.05, 3.63) is 24.3 Å². The van der Waals surface area contributed by atoms with Crippen molar-refractivity contribution in [3.8, 4) is 0 Å². The second-order valence-electron chi connectivity index (χ2n) is 2.73. The molecule has 3 N–H and O–H groups in total. The van der Waals surface area contributed by atoms with E-state index in [0.29, 0.717) is 5.69 Å². The second kappa shape index (κ2) is 7.18. The Morgan fingerprint density at radius 1 is 1.31 bits per heavy atom. The normalized spacial score (nSPS) is 9.56. The first-order chi connectivity index (χ1) is 6.42. The van der Waals surface area contributed by atoms with Crippen molar-refractivity contribution >= 4 is 35.1 Å². The predicted molar refractivity (Wildman–Crippen MR) is 63.3 cm³/mol. The Morgan fingerprint density at radius 2 is 1.75 bits per heavy atom. The van der Waals surface area contributed by atoms with E-state index in [9.17, 15) is 13.2 Å². The van der Waals surface area contributed by atoms with E-state index < -0.39 is 15.9 Å². The molecule has 0 fully saturated rings. The molecule has 86 valence electrons. The molecule has 1 aromatic carbocycles. The molecule has 0 heterocycles. The van der Waals surface area contributed by atoms with E-state index in [1.165, 1.54) is 24.3 Å². The Balaban J connectivity index is -0.000000653. The second-order valence-corrected chi connectivity index (χ2v) is 4.41. The van der Waals surface area contributed by atoms with Crippen molar-refractivity contribution in [1.29, 1.82) is 0 Å². The fraction of sp³-hybridized carbons (Fsp3) is 0.125. The van der Waals surface area contributed by atoms with Gasteiger partial charge in [-0.15, -0.1) is 0 Å². The first-order valence-corrected chi connectivity index (χ1v) is 5.29. The van der Waals surface area contributed by atoms with E-state index in [2.05, 4.69) is 0 Å². The van der Waals surface area contributed by atoms with Crippen molar-refractivity contribution in [2.45, 2.75) is 11.8 Å². The third-order valence-electron chi connectivity index (χ3n) is 1.47. The molecule has 5 nitrogen and oxygen atoms in total. The number of carbonyl (C=O) groups excluding carboxylic acids is 1. The van der Waals surface area contributed by atoms with Gasteiger partial charge in [0.15, 0.2) is 0 Å². The molecule has 0 saturated carbocycles. The zero-order chi connectivity index (χ0) is 10.8. The van der Waals surface area contributed by atoms with Crippen molar-refractivity contribution in [3.63, 3.8) is 0 Å². The molecule has 0 aliphatic heterocycles. The van der Waals surface area contributed by atoms with Crippen LogP contribution in [-0.2, 0) is 14.8 Å². The zero-order valence-corrected chi connectivity index (χ0v) is 12.8. The van der Waals surface area contributed by atoms with E-state index in [1.807, 2.05) is 4.72 Å². The largest absolute Gasteiger partial charge is 1.00 e. The number of anilines is 1. The molecule has 0 aliphatic carbocycles. The van der Waals surface area contributed by atoms with Crippen molar-refractivity contribution in [2.75, 3.05) is 5.73 Å². The standard InChI is InChI=1S/C8H10N2O3S.Na.H2S.H/c1-6(11)10-14(12,13)8-4-2-7(9)3-5-8;;;/h2-5H,9H2,1H3,(H,10,11);;1H2;/q;+1;;-1. The molecule has 0 spiro atoms. The molecule has 1 aromatic rings. The van der Waals surface area contributed by atoms with Gasteiger partial charge in [-0.2, -0.15) is 13.5 Å². The Kier molecular flexibility index (Phi) is 8.15. The number of rotatable bonds is 2. The molecule has 0 aliphatic rings. The predicted octanol–water partition coefficient (Wildman–Crippen LogP) is -2.68. The molecule has 0 bridgehead atoms. The molecule has 8 heteroatoms. The molecule has 16 heavy (non-hydrogen) atoms. The third-order valence-corrected chi connectivity index (χ3v) is 2.92. The van der Waals surface area contributed by atoms with Crippen LogP contribution in [-0.4, -0.2) is 14.3 Å². The summed E-state index contributed by atoms with van der Waals surface area (Å²) in [5, 5.41) is 0. The van der Waals surface area contributed by atoms with E-state index in [1.54, 1.807) is 0 Å². The summed E-state index contributed by atoms with van der Waals surface area (Å²) in [6, 6.07) is 5.57. The number of amides is 1. The summed E-state index contributed by atoms with van der Waals surface area (Å²) in [5.74, 6) is -0.623. The minimum Gasteiger partial charge on any atom is -1.00 e. The van der Waals surface area contributed by atoms with Gasteiger partial charge in [0.1, 0.15) is 0 Å². The maximum atomic E-state index is 11.4. The number of sulfonamides is 1. The maximum Gasteiger partial charge on any atom is 1.00 e. The van der Waals surface area contributed by atoms with Crippen LogP contribution in [0, 0.1) is 0 Å². The molecule has 1 rings (SSSR count). The molecule has 1 amide bonds. The topological polar surface area (TPSA) is 89.3 Å². The fourth-order valence-electron chi connectivity index (χ4n) is 0.895. The molecular weight excluding hydrogens is 259 g/mol. The summed E-state index contributed by atoms with van der Waals surface area (Å²) in [6.07, 6.45) is 0. The van der Waals surface area contributed by atoms with Gasteiger partial charge in [-0.1, -0.05) is 0 Å². The number of benzene rings is 1. The van der Waals surface area contributed by atoms with Crippen molar-refractivity contribution < 1.29 is 44.2 Å². The molecule has 0 unspecified atom stereocenters. The summed E-state index contributed by atoms with van der Waals surface area (Å²) in [7, 11) is -3.73. The first kappa shape index (κ1) is 18.2. The molecule has 0 aromatic heterocycles. The Labute approximate surface area is 125 Å². The van der Waals surface area contributed by atoms with Gasteiger partial charge >= 0.3 is 29.6 Å². The third kappa shape index (κ3) is 5.22. The summed E-state index contributed by atoms with van der Waals surface area (Å²) < 4.78 is 24.6. The van der Waals surface area contributed by atoms with Gasteiger partial charge in [0.05, 0.1) is 4.90 Å². The van der Waals surface area contributed by atoms with Crippen LogP contribution in [0.25, 0.3) is 0 Å². The number of carbonyl (C=O) groups is 1. The quantitative estimate of drug-likeness (QED) is 0.454. The number of hydrogen-bond acceptors (Lipinski definition) is 4. The minimum absolute atomic E-state index is 0. The van der Waals surface area contributed by atoms with Crippen LogP contribution < -0.4 is 40.0 Å². The minimum atomic E-state index is -3.73. The van der Waals surface area contributed by atoms with Crippen LogP contribution >= 0.6 is 13.5 Å². The van der Waals surface area contributed by atoms with Crippen molar-refractivity contribution in [1.82, 2.24) is 4.72 Å². The van der Waals surface area contributed by atoms with Crippen LogP contribution in [0.4, 0.5) is 5.69 Å². The number of nitrogens with two attached hydrogens (primary N) is 1. The molecule has 0 saturated heterocycles. The summed E-state index contributed by atoms with van der Waals surface area (Å²) in [6.45, 7) is 1.13. The SMILES string of the molecule is CC(=O)NS(=O)(=O)c1ccc(N)cc1.S.[H-].[Na+]. The van der Waals surface area contributed by atoms with Crippen LogP contribution in [0.3, 0.4) is 0 Å². The first-order valence-electron chi connectivity index (χ1n) is 3.81. The molecular formula is C8H13N2NaO3S2. The van der Waals surface area contributed by atoms with Gasteiger partial charge in [0.2, 0.25) is 5.91 Å². The average molecular weight is 272 g/mol. The van der Waals surface area contributed by atoms with Gasteiger partial charge in [0, 0.05) is 12.6 Å². The number of nitrogens with one attached hydrogen (secondary N) is 1. The maximum absolute atomic E-state index is 11.4. The van der Waals surface area contributed by atoms with Gasteiger partial charge in [-0.3, -0.25) is 4.79 Å². The monoisotopic (exact) mass is 272 g/mol. The van der Waals surface area contributed by atoms with E-state index in [0.717, 1.165) is 6.92 Å². The van der Waals surface area contributed by atoms with E-state index >= 15 is 0 Å². The van der Waals surface area contributed by atoms with Gasteiger partial charge in [0.25, 0.3) is 10.0 Å². The van der Waals surface area contributed by atoms with Gasteiger partial charge in [-0.05, 0) is 24.3 Å². The van der Waals surface area contributed by atoms with Crippen LogP contribution in [0.2, 0.25) is 0 Å². The van der Waals surface area contributed by atoms with Crippen LogP contribution in [0.15, 0.2) is 29.2 Å². The van der Waals surface area contributed by atoms with Crippen molar-refractivity contribution in [2.24, 2.45) is 0 Å². The van der Waals surface area contributed by atoms with E-state index in [-0.39, 0.29) is 49.4 Å². The molecule has 0 atom stereocenters. The Bertz CT molecular complexity index is 450. The fourth-order valence-corrected chi connectivity index (χ4v) is 1.89. The Hall–Kier alpha value is -0.210. The van der Waals surface area contributed by atoms with Crippen LogP contribution in [0.1, 0.15) is 8.35 Å². The Morgan fingerprint density at radius 3 is 2.12 bits per heavy atom. The van der Waals surface area contributed by atoms with Crippen LogP contribution in [0.5, 0.6) is 0 Å². The average Bonchev–Trinajstić information content (AvgIpc) is 2.02. The number of hydrogen-bond donors (Lipinski definition) is 2. The zero-order valence-electron chi connectivity index (χ0n) is 10.0. The summed E-state index contributed by atoms with van der Waals surface area (Å²) in [4.78, 5) is 10.6. The summed E-state index contributed by atoms with van der Waals surface area (Å²) in [5.41, 5.74) is 5.85. The molecule has 0 radical (unpaired) electrons. The van der Waals surface area contributed by atoms with Gasteiger partial charge in [-0.25, -0.2) is 13.1 Å². The number of nitrogen functional groups attached to an aromatic ring is 1. The smallest absolute Gasteiger partial charge is 1.00 e. The van der Waals surface area contributed by atoms with Gasteiger partial charge < -0.3 is 7.16 Å².